The van der Waals surface area contributed by atoms with E-state index >= 15 is 0 Å². The van der Waals surface area contributed by atoms with Crippen LogP contribution in [0, 0.1) is 5.82 Å². The summed E-state index contributed by atoms with van der Waals surface area (Å²) >= 11 is 3.19. The number of rotatable bonds is 4. The van der Waals surface area contributed by atoms with Gasteiger partial charge in [-0.3, -0.25) is 4.98 Å². The first-order valence-electron chi connectivity index (χ1n) is 5.31. The molecule has 1 aromatic carbocycles. The minimum atomic E-state index is -1.09. The molecule has 0 saturated heterocycles. The second-order valence-electron chi connectivity index (χ2n) is 3.75. The molecule has 0 radical (unpaired) electrons. The van der Waals surface area contributed by atoms with Crippen molar-refractivity contribution in [2.24, 2.45) is 0 Å². The molecule has 4 nitrogen and oxygen atoms in total. The predicted molar refractivity (Wildman–Crippen MR) is 69.6 cm³/mol. The van der Waals surface area contributed by atoms with E-state index in [1.165, 1.54) is 18.3 Å². The van der Waals surface area contributed by atoms with E-state index in [-0.39, 0.29) is 17.9 Å². The highest BCUT2D eigenvalue weighted by Crippen LogP contribution is 2.24. The van der Waals surface area contributed by atoms with Gasteiger partial charge in [-0.25, -0.2) is 9.18 Å². The number of benzene rings is 1. The Hall–Kier alpha value is -1.95. The summed E-state index contributed by atoms with van der Waals surface area (Å²) in [6, 6.07) is 5.94. The van der Waals surface area contributed by atoms with Crippen LogP contribution in [0.2, 0.25) is 0 Å². The van der Waals surface area contributed by atoms with Crippen molar-refractivity contribution in [2.75, 3.05) is 0 Å². The highest BCUT2D eigenvalue weighted by Gasteiger charge is 2.12. The van der Waals surface area contributed by atoms with Crippen molar-refractivity contribution >= 4 is 21.9 Å². The van der Waals surface area contributed by atoms with Crippen LogP contribution in [0.15, 0.2) is 41.1 Å². The maximum absolute atomic E-state index is 12.9. The third-order valence-corrected chi connectivity index (χ3v) is 2.82. The van der Waals surface area contributed by atoms with Crippen LogP contribution in [0.1, 0.15) is 15.9 Å². The van der Waals surface area contributed by atoms with Crippen molar-refractivity contribution in [1.82, 2.24) is 4.98 Å². The number of halogens is 2. The lowest BCUT2D eigenvalue weighted by molar-refractivity contribution is 0.0691. The van der Waals surface area contributed by atoms with Crippen molar-refractivity contribution in [3.05, 3.63) is 58.1 Å². The van der Waals surface area contributed by atoms with Crippen molar-refractivity contribution < 1.29 is 19.0 Å². The summed E-state index contributed by atoms with van der Waals surface area (Å²) in [7, 11) is 0. The van der Waals surface area contributed by atoms with Gasteiger partial charge in [0.05, 0.1) is 6.20 Å². The normalized spacial score (nSPS) is 10.2. The Kier molecular flexibility index (Phi) is 4.11. The van der Waals surface area contributed by atoms with E-state index in [1.54, 1.807) is 12.1 Å². The van der Waals surface area contributed by atoms with Crippen molar-refractivity contribution in [1.29, 1.82) is 0 Å². The largest absolute Gasteiger partial charge is 0.488 e. The Morgan fingerprint density at radius 1 is 1.37 bits per heavy atom. The fourth-order valence-corrected chi connectivity index (χ4v) is 1.85. The summed E-state index contributed by atoms with van der Waals surface area (Å²) in [5, 5.41) is 9.06. The lowest BCUT2D eigenvalue weighted by Crippen LogP contribution is -2.04. The van der Waals surface area contributed by atoms with E-state index < -0.39 is 11.8 Å². The molecular weight excluding hydrogens is 317 g/mol. The monoisotopic (exact) mass is 325 g/mol. The summed E-state index contributed by atoms with van der Waals surface area (Å²) in [4.78, 5) is 14.8. The van der Waals surface area contributed by atoms with E-state index in [2.05, 4.69) is 20.9 Å². The number of aromatic nitrogens is 1. The minimum Gasteiger partial charge on any atom is -0.488 e. The molecule has 6 heteroatoms. The van der Waals surface area contributed by atoms with Crippen LogP contribution in [0.5, 0.6) is 5.75 Å². The van der Waals surface area contributed by atoms with Crippen LogP contribution in [0.25, 0.3) is 0 Å². The molecule has 0 atom stereocenters. The Balaban J connectivity index is 2.17. The Morgan fingerprint density at radius 3 is 2.84 bits per heavy atom. The lowest BCUT2D eigenvalue weighted by atomic mass is 10.2. The average molecular weight is 326 g/mol. The van der Waals surface area contributed by atoms with Crippen molar-refractivity contribution in [3.63, 3.8) is 0 Å². The molecule has 2 rings (SSSR count). The quantitative estimate of drug-likeness (QED) is 0.937. The molecule has 0 aliphatic carbocycles. The molecule has 0 saturated carbocycles. The van der Waals surface area contributed by atoms with Gasteiger partial charge >= 0.3 is 5.97 Å². The standard InChI is InChI=1S/C13H9BrFNO3/c14-9-1-2-12(11(4-9)13(17)18)19-7-8-3-10(15)6-16-5-8/h1-6H,7H2,(H,17,18). The molecule has 1 heterocycles. The molecule has 0 unspecified atom stereocenters. The number of pyridine rings is 1. The van der Waals surface area contributed by atoms with E-state index in [0.29, 0.717) is 10.0 Å². The van der Waals surface area contributed by atoms with Crippen LogP contribution in [0.3, 0.4) is 0 Å². The number of carbonyl (C=O) groups is 1. The van der Waals surface area contributed by atoms with Gasteiger partial charge in [-0.05, 0) is 24.3 Å². The zero-order valence-corrected chi connectivity index (χ0v) is 11.2. The molecule has 0 aliphatic rings. The Morgan fingerprint density at radius 2 is 2.16 bits per heavy atom. The van der Waals surface area contributed by atoms with E-state index in [4.69, 9.17) is 9.84 Å². The van der Waals surface area contributed by atoms with Gasteiger partial charge in [0.1, 0.15) is 23.7 Å². The van der Waals surface area contributed by atoms with Gasteiger partial charge in [-0.15, -0.1) is 0 Å². The maximum atomic E-state index is 12.9. The third-order valence-electron chi connectivity index (χ3n) is 2.33. The molecule has 0 aliphatic heterocycles. The SMILES string of the molecule is O=C(O)c1cc(Br)ccc1OCc1cncc(F)c1. The molecule has 0 amide bonds. The fraction of sp³-hybridized carbons (Fsp3) is 0.0769. The molecule has 0 spiro atoms. The summed E-state index contributed by atoms with van der Waals surface area (Å²) in [5.74, 6) is -1.33. The van der Waals surface area contributed by atoms with Gasteiger partial charge < -0.3 is 9.84 Å². The van der Waals surface area contributed by atoms with Gasteiger partial charge in [0.15, 0.2) is 0 Å². The van der Waals surface area contributed by atoms with Crippen LogP contribution >= 0.6 is 15.9 Å². The molecule has 2 aromatic rings. The summed E-state index contributed by atoms with van der Waals surface area (Å²) in [5.41, 5.74) is 0.568. The van der Waals surface area contributed by atoms with Crippen molar-refractivity contribution in [2.45, 2.75) is 6.61 Å². The molecule has 98 valence electrons. The summed E-state index contributed by atoms with van der Waals surface area (Å²) in [6.45, 7) is 0.0483. The zero-order valence-electron chi connectivity index (χ0n) is 9.64. The first kappa shape index (κ1) is 13.5. The molecule has 0 bridgehead atoms. The van der Waals surface area contributed by atoms with E-state index in [9.17, 15) is 9.18 Å². The molecule has 1 N–H and O–H groups in total. The zero-order chi connectivity index (χ0) is 13.8. The first-order valence-corrected chi connectivity index (χ1v) is 6.10. The summed E-state index contributed by atoms with van der Waals surface area (Å²) < 4.78 is 19.0. The number of carboxylic acids is 1. The smallest absolute Gasteiger partial charge is 0.339 e. The molecule has 1 aromatic heterocycles. The number of hydrogen-bond acceptors (Lipinski definition) is 3. The molecular formula is C13H9BrFNO3. The first-order chi connectivity index (χ1) is 9.06. The van der Waals surface area contributed by atoms with Crippen molar-refractivity contribution in [3.8, 4) is 5.75 Å². The molecule has 0 fully saturated rings. The number of carboxylic acid groups (broad SMARTS) is 1. The predicted octanol–water partition coefficient (Wildman–Crippen LogP) is 3.26. The van der Waals surface area contributed by atoms with Crippen LogP contribution in [-0.2, 0) is 6.61 Å². The van der Waals surface area contributed by atoms with Gasteiger partial charge in [-0.2, -0.15) is 0 Å². The number of nitrogens with zero attached hydrogens (tertiary/aromatic N) is 1. The van der Waals surface area contributed by atoms with Gasteiger partial charge in [0, 0.05) is 16.2 Å². The highest BCUT2D eigenvalue weighted by molar-refractivity contribution is 9.10. The van der Waals surface area contributed by atoms with Gasteiger partial charge in [0.2, 0.25) is 0 Å². The number of hydrogen-bond donors (Lipinski definition) is 1. The maximum Gasteiger partial charge on any atom is 0.339 e. The summed E-state index contributed by atoms with van der Waals surface area (Å²) in [6.07, 6.45) is 2.55. The minimum absolute atomic E-state index is 0.0405. The lowest BCUT2D eigenvalue weighted by Gasteiger charge is -2.09. The Labute approximate surface area is 117 Å². The number of ether oxygens (including phenoxy) is 1. The van der Waals surface area contributed by atoms with E-state index in [1.807, 2.05) is 0 Å². The highest BCUT2D eigenvalue weighted by atomic mass is 79.9. The van der Waals surface area contributed by atoms with E-state index in [0.717, 1.165) is 6.20 Å². The van der Waals surface area contributed by atoms with Gasteiger partial charge in [-0.1, -0.05) is 15.9 Å². The second-order valence-corrected chi connectivity index (χ2v) is 4.66. The number of aromatic carboxylic acids is 1. The average Bonchev–Trinajstić information content (AvgIpc) is 2.37. The van der Waals surface area contributed by atoms with Crippen LogP contribution in [-0.4, -0.2) is 16.1 Å². The fourth-order valence-electron chi connectivity index (χ4n) is 1.49. The molecule has 19 heavy (non-hydrogen) atoms. The Bertz CT molecular complexity index is 619. The topological polar surface area (TPSA) is 59.4 Å². The van der Waals surface area contributed by atoms with Crippen LogP contribution < -0.4 is 4.74 Å². The third kappa shape index (κ3) is 3.51. The van der Waals surface area contributed by atoms with Gasteiger partial charge in [0.25, 0.3) is 0 Å². The second kappa shape index (κ2) is 5.79. The van der Waals surface area contributed by atoms with Crippen LogP contribution in [0.4, 0.5) is 4.39 Å².